The van der Waals surface area contributed by atoms with Gasteiger partial charge in [-0.15, -0.1) is 15.3 Å². The molecule has 10 heteroatoms. The number of rotatable bonds is 2. The van der Waals surface area contributed by atoms with Crippen LogP contribution < -0.4 is 10.6 Å². The number of hydrogen-bond acceptors (Lipinski definition) is 5. The molecule has 21 heavy (non-hydrogen) atoms. The van der Waals surface area contributed by atoms with E-state index in [1.165, 1.54) is 6.07 Å². The Bertz CT molecular complexity index is 697. The minimum Gasteiger partial charge on any atom is -0.369 e. The monoisotopic (exact) mass is 300 g/mol. The van der Waals surface area contributed by atoms with Crippen LogP contribution in [-0.2, 0) is 11.0 Å². The summed E-state index contributed by atoms with van der Waals surface area (Å²) >= 11 is 0. The van der Waals surface area contributed by atoms with Gasteiger partial charge in [0.25, 0.3) is 5.82 Å². The van der Waals surface area contributed by atoms with Crippen molar-refractivity contribution in [3.05, 3.63) is 18.0 Å². The maximum absolute atomic E-state index is 12.8. The maximum Gasteiger partial charge on any atom is 0.453 e. The van der Waals surface area contributed by atoms with Gasteiger partial charge in [-0.05, 0) is 18.6 Å². The molecule has 1 aliphatic heterocycles. The van der Waals surface area contributed by atoms with E-state index >= 15 is 0 Å². The summed E-state index contributed by atoms with van der Waals surface area (Å²) in [5.74, 6) is -1.58. The minimum absolute atomic E-state index is 0.0109. The molecule has 1 amide bonds. The van der Waals surface area contributed by atoms with Crippen molar-refractivity contribution >= 4 is 17.4 Å². The van der Waals surface area contributed by atoms with E-state index in [-0.39, 0.29) is 11.6 Å². The van der Waals surface area contributed by atoms with Gasteiger partial charge in [-0.25, -0.2) is 0 Å². The number of amides is 1. The number of carbonyl (C=O) groups is 1. The number of primary amides is 1. The topological polar surface area (TPSA) is 89.4 Å². The Morgan fingerprint density at radius 3 is 2.71 bits per heavy atom. The molecule has 1 atom stereocenters. The zero-order chi connectivity index (χ0) is 15.2. The number of anilines is 1. The van der Waals surface area contributed by atoms with Crippen LogP contribution in [0.4, 0.5) is 19.0 Å². The summed E-state index contributed by atoms with van der Waals surface area (Å²) in [7, 11) is 0. The first-order valence-electron chi connectivity index (χ1n) is 6.20. The summed E-state index contributed by atoms with van der Waals surface area (Å²) in [5.41, 5.74) is 5.24. The number of alkyl halides is 3. The molecular formula is C11H11F3N6O. The molecule has 1 saturated heterocycles. The summed E-state index contributed by atoms with van der Waals surface area (Å²) in [5, 5.41) is 10.5. The van der Waals surface area contributed by atoms with Crippen molar-refractivity contribution in [2.45, 2.75) is 12.6 Å². The molecule has 1 unspecified atom stereocenters. The predicted octanol–water partition coefficient (Wildman–Crippen LogP) is 0.455. The van der Waals surface area contributed by atoms with Gasteiger partial charge in [0.2, 0.25) is 5.91 Å². The molecule has 3 rings (SSSR count). The van der Waals surface area contributed by atoms with E-state index in [9.17, 15) is 18.0 Å². The Kier molecular flexibility index (Phi) is 2.96. The molecule has 0 aromatic carbocycles. The van der Waals surface area contributed by atoms with Crippen molar-refractivity contribution in [3.63, 3.8) is 0 Å². The molecular weight excluding hydrogens is 289 g/mol. The van der Waals surface area contributed by atoms with E-state index in [0.717, 1.165) is 0 Å². The molecule has 0 aliphatic carbocycles. The molecule has 0 spiro atoms. The molecule has 2 aromatic heterocycles. The summed E-state index contributed by atoms with van der Waals surface area (Å²) in [4.78, 5) is 12.9. The van der Waals surface area contributed by atoms with Crippen molar-refractivity contribution in [1.29, 1.82) is 0 Å². The highest BCUT2D eigenvalue weighted by atomic mass is 19.4. The number of halogens is 3. The lowest BCUT2D eigenvalue weighted by Gasteiger charge is -2.16. The molecule has 0 bridgehead atoms. The van der Waals surface area contributed by atoms with Gasteiger partial charge in [0, 0.05) is 13.1 Å². The van der Waals surface area contributed by atoms with Gasteiger partial charge >= 0.3 is 6.18 Å². The Balaban J connectivity index is 1.96. The average molecular weight is 300 g/mol. The van der Waals surface area contributed by atoms with E-state index in [1.54, 1.807) is 11.0 Å². The van der Waals surface area contributed by atoms with Crippen molar-refractivity contribution < 1.29 is 18.0 Å². The largest absolute Gasteiger partial charge is 0.453 e. The van der Waals surface area contributed by atoms with E-state index in [0.29, 0.717) is 29.8 Å². The van der Waals surface area contributed by atoms with Gasteiger partial charge < -0.3 is 10.6 Å². The fraction of sp³-hybridized carbons (Fsp3) is 0.455. The van der Waals surface area contributed by atoms with E-state index in [4.69, 9.17) is 5.73 Å². The second-order valence-corrected chi connectivity index (χ2v) is 4.82. The number of fused-ring (bicyclic) bond motifs is 1. The van der Waals surface area contributed by atoms with Gasteiger partial charge in [0.15, 0.2) is 5.65 Å². The van der Waals surface area contributed by atoms with Crippen LogP contribution in [0.5, 0.6) is 0 Å². The number of carbonyl (C=O) groups excluding carboxylic acids is 1. The quantitative estimate of drug-likeness (QED) is 0.870. The maximum atomic E-state index is 12.8. The van der Waals surface area contributed by atoms with Crippen molar-refractivity contribution in [1.82, 2.24) is 19.8 Å². The third-order valence-electron chi connectivity index (χ3n) is 3.42. The van der Waals surface area contributed by atoms with E-state index in [1.807, 2.05) is 0 Å². The Hall–Kier alpha value is -2.39. The third kappa shape index (κ3) is 2.36. The second kappa shape index (κ2) is 4.57. The van der Waals surface area contributed by atoms with Gasteiger partial charge in [0.1, 0.15) is 5.82 Å². The molecule has 1 fully saturated rings. The van der Waals surface area contributed by atoms with Gasteiger partial charge in [-0.3, -0.25) is 4.79 Å². The minimum atomic E-state index is -4.63. The first-order valence-corrected chi connectivity index (χ1v) is 6.20. The lowest BCUT2D eigenvalue weighted by Crippen LogP contribution is -2.28. The Morgan fingerprint density at radius 2 is 2.10 bits per heavy atom. The summed E-state index contributed by atoms with van der Waals surface area (Å²) in [6.45, 7) is 0.854. The van der Waals surface area contributed by atoms with Gasteiger partial charge in [-0.2, -0.15) is 17.7 Å². The van der Waals surface area contributed by atoms with Gasteiger partial charge in [-0.1, -0.05) is 0 Å². The summed E-state index contributed by atoms with van der Waals surface area (Å²) < 4.78 is 39.0. The van der Waals surface area contributed by atoms with E-state index in [2.05, 4.69) is 15.3 Å². The molecule has 112 valence electrons. The molecule has 0 saturated carbocycles. The predicted molar refractivity (Wildman–Crippen MR) is 65.3 cm³/mol. The Morgan fingerprint density at radius 1 is 1.33 bits per heavy atom. The highest BCUT2D eigenvalue weighted by Gasteiger charge is 2.38. The summed E-state index contributed by atoms with van der Waals surface area (Å²) in [6, 6.07) is 2.95. The molecule has 2 N–H and O–H groups in total. The van der Waals surface area contributed by atoms with Crippen LogP contribution in [-0.4, -0.2) is 38.8 Å². The average Bonchev–Trinajstić information content (AvgIpc) is 3.04. The Labute approximate surface area is 116 Å². The van der Waals surface area contributed by atoms with Crippen LogP contribution in [0, 0.1) is 5.92 Å². The van der Waals surface area contributed by atoms with Crippen molar-refractivity contribution in [3.8, 4) is 0 Å². The van der Waals surface area contributed by atoms with Gasteiger partial charge in [0.05, 0.1) is 5.92 Å². The lowest BCUT2D eigenvalue weighted by atomic mass is 10.1. The van der Waals surface area contributed by atoms with Crippen LogP contribution in [0.25, 0.3) is 5.65 Å². The van der Waals surface area contributed by atoms with Crippen LogP contribution in [0.3, 0.4) is 0 Å². The number of hydrogen-bond donors (Lipinski definition) is 1. The number of aromatic nitrogens is 4. The first kappa shape index (κ1) is 13.6. The highest BCUT2D eigenvalue weighted by Crippen LogP contribution is 2.28. The lowest BCUT2D eigenvalue weighted by molar-refractivity contribution is -0.146. The molecule has 1 aliphatic rings. The summed E-state index contributed by atoms with van der Waals surface area (Å²) in [6.07, 6.45) is -4.07. The normalized spacial score (nSPS) is 19.4. The van der Waals surface area contributed by atoms with Crippen molar-refractivity contribution in [2.75, 3.05) is 18.0 Å². The molecule has 3 heterocycles. The molecule has 2 aromatic rings. The second-order valence-electron chi connectivity index (χ2n) is 4.82. The zero-order valence-corrected chi connectivity index (χ0v) is 10.7. The highest BCUT2D eigenvalue weighted by molar-refractivity contribution is 5.78. The fourth-order valence-corrected chi connectivity index (χ4v) is 2.33. The standard InChI is InChI=1S/C11H11F3N6O/c12-11(13,14)10-17-16-7-1-2-8(18-20(7)10)19-4-3-6(5-19)9(15)21/h1-2,6H,3-5H2,(H2,15,21). The molecule has 0 radical (unpaired) electrons. The van der Waals surface area contributed by atoms with Crippen LogP contribution >= 0.6 is 0 Å². The SMILES string of the molecule is NC(=O)C1CCN(c2ccc3nnc(C(F)(F)F)n3n2)C1. The van der Waals surface area contributed by atoms with Crippen molar-refractivity contribution in [2.24, 2.45) is 11.7 Å². The number of nitrogens with two attached hydrogens (primary N) is 1. The van der Waals surface area contributed by atoms with E-state index < -0.39 is 17.9 Å². The fourth-order valence-electron chi connectivity index (χ4n) is 2.33. The van der Waals surface area contributed by atoms with Crippen LogP contribution in [0.15, 0.2) is 12.1 Å². The number of nitrogens with zero attached hydrogens (tertiary/aromatic N) is 5. The first-order chi connectivity index (χ1) is 9.86. The smallest absolute Gasteiger partial charge is 0.369 e. The van der Waals surface area contributed by atoms with Crippen LogP contribution in [0.2, 0.25) is 0 Å². The third-order valence-corrected chi connectivity index (χ3v) is 3.42. The molecule has 7 nitrogen and oxygen atoms in total. The van der Waals surface area contributed by atoms with Crippen LogP contribution in [0.1, 0.15) is 12.2 Å². The zero-order valence-electron chi connectivity index (χ0n) is 10.7.